The van der Waals surface area contributed by atoms with Crippen molar-refractivity contribution in [1.82, 2.24) is 10.2 Å². The first-order valence-electron chi connectivity index (χ1n) is 11.3. The van der Waals surface area contributed by atoms with Gasteiger partial charge in [-0.05, 0) is 41.2 Å². The number of carbonyl (C=O) groups excluding carboxylic acids is 2. The lowest BCUT2D eigenvalue weighted by atomic mass is 9.69. The number of ketones is 1. The van der Waals surface area contributed by atoms with Crippen LogP contribution in [0.4, 0.5) is 5.13 Å². The van der Waals surface area contributed by atoms with Crippen molar-refractivity contribution in [3.63, 3.8) is 0 Å². The number of hydrogen-bond donors (Lipinski definition) is 0. The van der Waals surface area contributed by atoms with E-state index < -0.39 is 0 Å². The molecule has 0 saturated heterocycles. The van der Waals surface area contributed by atoms with Crippen molar-refractivity contribution in [2.45, 2.75) is 49.1 Å². The Morgan fingerprint density at radius 2 is 1.80 bits per heavy atom. The molecule has 2 aliphatic rings. The highest BCUT2D eigenvalue weighted by Crippen LogP contribution is 2.49. The molecule has 2 heterocycles. The summed E-state index contributed by atoms with van der Waals surface area (Å²) >= 11 is 15.3. The Hall–Kier alpha value is -2.19. The second kappa shape index (κ2) is 9.69. The summed E-state index contributed by atoms with van der Waals surface area (Å²) in [5, 5.41) is 10.5. The maximum Gasteiger partial charge on any atom is 0.234 e. The monoisotopic (exact) mass is 543 g/mol. The summed E-state index contributed by atoms with van der Waals surface area (Å²) in [6.45, 7) is 4.13. The van der Waals surface area contributed by atoms with E-state index in [1.54, 1.807) is 17.0 Å². The van der Waals surface area contributed by atoms with Gasteiger partial charge in [-0.25, -0.2) is 0 Å². The number of nitrogens with zero attached hydrogens (tertiary/aromatic N) is 3. The Morgan fingerprint density at radius 3 is 2.54 bits per heavy atom. The van der Waals surface area contributed by atoms with Crippen LogP contribution in [0.3, 0.4) is 0 Å². The largest absolute Gasteiger partial charge is 0.294 e. The number of rotatable bonds is 5. The number of Topliss-reactive ketones (excluding diaryl/α,β-unsaturated/α-hetero) is 1. The van der Waals surface area contributed by atoms with Crippen molar-refractivity contribution in [3.05, 3.63) is 81.0 Å². The standard InChI is InChI=1S/C26H23Cl2N3O2S2/c1-26(2)12-20-23(21(32)13-26)18(15-7-9-17(27)10-8-15)11-22(33)31(20)24-29-30-25(35-24)34-14-16-5-3-4-6-19(16)28/h3-10,18H,11-14H2,1-2H3. The van der Waals surface area contributed by atoms with Crippen LogP contribution in [0.2, 0.25) is 10.0 Å². The van der Waals surface area contributed by atoms with E-state index in [9.17, 15) is 9.59 Å². The Bertz CT molecular complexity index is 1330. The molecule has 0 bridgehead atoms. The third-order valence-corrected chi connectivity index (χ3v) is 9.02. The number of aromatic nitrogens is 2. The maximum absolute atomic E-state index is 13.5. The first-order chi connectivity index (χ1) is 16.7. The molecular formula is C26H23Cl2N3O2S2. The van der Waals surface area contributed by atoms with E-state index in [4.69, 9.17) is 23.2 Å². The molecule has 180 valence electrons. The van der Waals surface area contributed by atoms with E-state index in [0.717, 1.165) is 21.2 Å². The lowest BCUT2D eigenvalue weighted by Gasteiger charge is -2.41. The van der Waals surface area contributed by atoms with Gasteiger partial charge in [-0.15, -0.1) is 10.2 Å². The summed E-state index contributed by atoms with van der Waals surface area (Å²) in [4.78, 5) is 28.6. The van der Waals surface area contributed by atoms with Crippen LogP contribution in [0.25, 0.3) is 0 Å². The van der Waals surface area contributed by atoms with Crippen LogP contribution < -0.4 is 4.90 Å². The minimum Gasteiger partial charge on any atom is -0.294 e. The van der Waals surface area contributed by atoms with Gasteiger partial charge in [0.25, 0.3) is 0 Å². The maximum atomic E-state index is 13.5. The van der Waals surface area contributed by atoms with E-state index in [1.807, 2.05) is 36.4 Å². The molecule has 1 atom stereocenters. The van der Waals surface area contributed by atoms with Crippen molar-refractivity contribution < 1.29 is 9.59 Å². The van der Waals surface area contributed by atoms with Crippen LogP contribution in [-0.2, 0) is 15.3 Å². The SMILES string of the molecule is CC1(C)CC(=O)C2=C(C1)N(c1nnc(SCc3ccccc3Cl)s1)C(=O)CC2c1ccc(Cl)cc1. The zero-order valence-electron chi connectivity index (χ0n) is 19.3. The van der Waals surface area contributed by atoms with Crippen molar-refractivity contribution in [1.29, 1.82) is 0 Å². The van der Waals surface area contributed by atoms with Crippen LogP contribution in [0.15, 0.2) is 64.1 Å². The van der Waals surface area contributed by atoms with Crippen molar-refractivity contribution in [2.75, 3.05) is 4.90 Å². The lowest BCUT2D eigenvalue weighted by Crippen LogP contribution is -2.43. The molecule has 0 N–H and O–H groups in total. The molecule has 5 rings (SSSR count). The summed E-state index contributed by atoms with van der Waals surface area (Å²) < 4.78 is 0.746. The molecule has 0 fully saturated rings. The summed E-state index contributed by atoms with van der Waals surface area (Å²) in [5.74, 6) is 0.386. The van der Waals surface area contributed by atoms with Gasteiger partial charge in [-0.3, -0.25) is 14.5 Å². The number of thioether (sulfide) groups is 1. The number of hydrogen-bond acceptors (Lipinski definition) is 6. The van der Waals surface area contributed by atoms with Crippen LogP contribution in [0, 0.1) is 5.41 Å². The van der Waals surface area contributed by atoms with Gasteiger partial charge >= 0.3 is 0 Å². The number of halogens is 2. The summed E-state index contributed by atoms with van der Waals surface area (Å²) in [7, 11) is 0. The molecule has 9 heteroatoms. The Kier molecular flexibility index (Phi) is 6.79. The molecule has 3 aromatic rings. The van der Waals surface area contributed by atoms with E-state index in [2.05, 4.69) is 24.0 Å². The summed E-state index contributed by atoms with van der Waals surface area (Å²) in [5.41, 5.74) is 3.16. The Balaban J connectivity index is 1.49. The molecule has 1 aliphatic heterocycles. The molecule has 2 aromatic carbocycles. The van der Waals surface area contributed by atoms with E-state index in [-0.39, 0.29) is 29.4 Å². The van der Waals surface area contributed by atoms with Crippen LogP contribution in [0.1, 0.15) is 50.2 Å². The first-order valence-corrected chi connectivity index (χ1v) is 13.8. The number of allylic oxidation sites excluding steroid dienone is 2. The van der Waals surface area contributed by atoms with Gasteiger partial charge < -0.3 is 0 Å². The molecule has 35 heavy (non-hydrogen) atoms. The fraction of sp³-hybridized carbons (Fsp3) is 0.308. The number of amides is 1. The third kappa shape index (κ3) is 5.05. The third-order valence-electron chi connectivity index (χ3n) is 6.31. The van der Waals surface area contributed by atoms with Crippen molar-refractivity contribution in [2.24, 2.45) is 5.41 Å². The predicted molar refractivity (Wildman–Crippen MR) is 142 cm³/mol. The van der Waals surface area contributed by atoms with Gasteiger partial charge in [0.15, 0.2) is 10.1 Å². The molecule has 1 unspecified atom stereocenters. The van der Waals surface area contributed by atoms with Gasteiger partial charge in [0.2, 0.25) is 11.0 Å². The van der Waals surface area contributed by atoms with Gasteiger partial charge in [0, 0.05) is 45.8 Å². The van der Waals surface area contributed by atoms with E-state index in [1.165, 1.54) is 23.1 Å². The van der Waals surface area contributed by atoms with Gasteiger partial charge in [0.1, 0.15) is 0 Å². The highest BCUT2D eigenvalue weighted by molar-refractivity contribution is 8.00. The quantitative estimate of drug-likeness (QED) is 0.249. The number of anilines is 1. The molecular weight excluding hydrogens is 521 g/mol. The molecule has 1 aromatic heterocycles. The van der Waals surface area contributed by atoms with Crippen molar-refractivity contribution >= 4 is 63.1 Å². The second-order valence-electron chi connectivity index (χ2n) is 9.57. The van der Waals surface area contributed by atoms with Gasteiger partial charge in [-0.2, -0.15) is 0 Å². The second-order valence-corrected chi connectivity index (χ2v) is 12.6. The minimum absolute atomic E-state index is 0.0759. The normalized spacial score (nSPS) is 19.8. The number of carbonyl (C=O) groups is 2. The average Bonchev–Trinajstić information content (AvgIpc) is 3.26. The van der Waals surface area contributed by atoms with Crippen LogP contribution in [-0.4, -0.2) is 21.9 Å². The fourth-order valence-electron chi connectivity index (χ4n) is 4.72. The first kappa shape index (κ1) is 24.5. The van der Waals surface area contributed by atoms with E-state index >= 15 is 0 Å². The molecule has 5 nitrogen and oxygen atoms in total. The lowest BCUT2D eigenvalue weighted by molar-refractivity contribution is -0.121. The topological polar surface area (TPSA) is 63.2 Å². The minimum atomic E-state index is -0.281. The summed E-state index contributed by atoms with van der Waals surface area (Å²) in [6.07, 6.45) is 1.27. The smallest absolute Gasteiger partial charge is 0.234 e. The molecule has 0 radical (unpaired) electrons. The van der Waals surface area contributed by atoms with Crippen LogP contribution in [0.5, 0.6) is 0 Å². The van der Waals surface area contributed by atoms with Crippen LogP contribution >= 0.6 is 46.3 Å². The van der Waals surface area contributed by atoms with Gasteiger partial charge in [0.05, 0.1) is 0 Å². The van der Waals surface area contributed by atoms with Crippen molar-refractivity contribution in [3.8, 4) is 0 Å². The molecule has 1 aliphatic carbocycles. The Morgan fingerprint density at radius 1 is 1.06 bits per heavy atom. The zero-order valence-corrected chi connectivity index (χ0v) is 22.4. The van der Waals surface area contributed by atoms with Gasteiger partial charge in [-0.1, -0.05) is 90.5 Å². The highest BCUT2D eigenvalue weighted by Gasteiger charge is 2.45. The average molecular weight is 545 g/mol. The predicted octanol–water partition coefficient (Wildman–Crippen LogP) is 7.30. The van der Waals surface area contributed by atoms with E-state index in [0.29, 0.717) is 39.3 Å². The summed E-state index contributed by atoms with van der Waals surface area (Å²) in [6, 6.07) is 15.1. The Labute approximate surface area is 222 Å². The fourth-order valence-corrected chi connectivity index (χ4v) is 7.02. The zero-order chi connectivity index (χ0) is 24.7. The highest BCUT2D eigenvalue weighted by atomic mass is 35.5. The molecule has 0 spiro atoms. The molecule has 0 saturated carbocycles. The molecule has 1 amide bonds. The number of benzene rings is 2.